The number of nitriles is 2. The minimum atomic E-state index is -0.529. The molecule has 0 spiro atoms. The van der Waals surface area contributed by atoms with E-state index in [0.717, 1.165) is 11.1 Å². The van der Waals surface area contributed by atoms with Crippen LogP contribution >= 0.6 is 0 Å². The smallest absolute Gasteiger partial charge is 0.410 e. The van der Waals surface area contributed by atoms with Crippen molar-refractivity contribution in [1.29, 1.82) is 10.5 Å². The van der Waals surface area contributed by atoms with Crippen LogP contribution < -0.4 is 5.43 Å². The molecule has 1 amide bonds. The second-order valence-electron chi connectivity index (χ2n) is 6.12. The molecule has 0 unspecified atom stereocenters. The lowest BCUT2D eigenvalue weighted by molar-refractivity contribution is 0.0242. The number of carbonyl (C=O) groups excluding carboxylic acids is 1. The average Bonchev–Trinajstić information content (AvgIpc) is 2.90. The number of amides is 1. The van der Waals surface area contributed by atoms with Crippen molar-refractivity contribution in [3.8, 4) is 12.1 Å². The maximum absolute atomic E-state index is 12.1. The Morgan fingerprint density at radius 3 is 2.52 bits per heavy atom. The fourth-order valence-corrected chi connectivity index (χ4v) is 2.12. The van der Waals surface area contributed by atoms with Gasteiger partial charge in [0, 0.05) is 13.1 Å². The molecule has 1 aromatic carbocycles. The molecule has 1 aliphatic heterocycles. The predicted octanol–water partition coefficient (Wildman–Crippen LogP) is 2.75. The number of anilines is 1. The Morgan fingerprint density at radius 1 is 1.26 bits per heavy atom. The van der Waals surface area contributed by atoms with Gasteiger partial charge in [-0.25, -0.2) is 4.79 Å². The SMILES string of the molecule is CC(C)(C)OC(=O)N1Cc2ccc(NN=C(C#N)C#N)cc2C1. The second-order valence-corrected chi connectivity index (χ2v) is 6.12. The van der Waals surface area contributed by atoms with E-state index in [4.69, 9.17) is 15.3 Å². The lowest BCUT2D eigenvalue weighted by Gasteiger charge is -2.24. The van der Waals surface area contributed by atoms with Crippen LogP contribution in [0.3, 0.4) is 0 Å². The summed E-state index contributed by atoms with van der Waals surface area (Å²) >= 11 is 0. The number of nitrogens with zero attached hydrogens (tertiary/aromatic N) is 4. The molecule has 7 heteroatoms. The minimum Gasteiger partial charge on any atom is -0.444 e. The molecule has 0 aliphatic carbocycles. The van der Waals surface area contributed by atoms with Crippen LogP contribution in [0.5, 0.6) is 0 Å². The Labute approximate surface area is 134 Å². The highest BCUT2D eigenvalue weighted by atomic mass is 16.6. The van der Waals surface area contributed by atoms with Crippen LogP contribution in [0.4, 0.5) is 10.5 Å². The van der Waals surface area contributed by atoms with Crippen LogP contribution in [0.1, 0.15) is 31.9 Å². The maximum atomic E-state index is 12.1. The molecule has 1 aromatic rings. The van der Waals surface area contributed by atoms with Gasteiger partial charge in [-0.3, -0.25) is 10.3 Å². The molecular weight excluding hydrogens is 294 g/mol. The van der Waals surface area contributed by atoms with Crippen LogP contribution in [0.25, 0.3) is 0 Å². The van der Waals surface area contributed by atoms with Crippen LogP contribution in [-0.2, 0) is 17.8 Å². The molecule has 0 saturated carbocycles. The van der Waals surface area contributed by atoms with E-state index < -0.39 is 5.60 Å². The standard InChI is InChI=1S/C16H17N5O2/c1-16(2,3)23-15(22)21-9-11-4-5-13(6-12(11)10-21)19-20-14(7-17)8-18/h4-6,19H,9-10H2,1-3H3. The summed E-state index contributed by atoms with van der Waals surface area (Å²) in [7, 11) is 0. The zero-order valence-electron chi connectivity index (χ0n) is 13.3. The molecule has 0 saturated heterocycles. The van der Waals surface area contributed by atoms with Gasteiger partial charge in [0.2, 0.25) is 5.71 Å². The number of hydrogen-bond donors (Lipinski definition) is 1. The van der Waals surface area contributed by atoms with Crippen molar-refractivity contribution in [3.05, 3.63) is 29.3 Å². The van der Waals surface area contributed by atoms with Gasteiger partial charge in [0.05, 0.1) is 5.69 Å². The van der Waals surface area contributed by atoms with Gasteiger partial charge in [0.1, 0.15) is 17.7 Å². The van der Waals surface area contributed by atoms with Gasteiger partial charge < -0.3 is 4.74 Å². The molecule has 1 heterocycles. The number of fused-ring (bicyclic) bond motifs is 1. The highest BCUT2D eigenvalue weighted by Crippen LogP contribution is 2.27. The van der Waals surface area contributed by atoms with Gasteiger partial charge >= 0.3 is 6.09 Å². The van der Waals surface area contributed by atoms with Gasteiger partial charge in [-0.1, -0.05) is 6.07 Å². The lowest BCUT2D eigenvalue weighted by atomic mass is 10.1. The molecular formula is C16H17N5O2. The summed E-state index contributed by atoms with van der Waals surface area (Å²) in [4.78, 5) is 13.7. The van der Waals surface area contributed by atoms with Crippen LogP contribution in [0.2, 0.25) is 0 Å². The zero-order chi connectivity index (χ0) is 17.0. The van der Waals surface area contributed by atoms with E-state index in [2.05, 4.69) is 10.5 Å². The normalized spacial score (nSPS) is 12.7. The molecule has 1 aliphatic rings. The molecule has 0 aromatic heterocycles. The Morgan fingerprint density at radius 2 is 1.91 bits per heavy atom. The summed E-state index contributed by atoms with van der Waals surface area (Å²) in [5.74, 6) is 0. The fraction of sp³-hybridized carbons (Fsp3) is 0.375. The Kier molecular flexibility index (Phi) is 4.52. The van der Waals surface area contributed by atoms with Crippen molar-refractivity contribution in [1.82, 2.24) is 4.90 Å². The summed E-state index contributed by atoms with van der Waals surface area (Å²) in [6, 6.07) is 8.86. The van der Waals surface area contributed by atoms with Crippen molar-refractivity contribution in [3.63, 3.8) is 0 Å². The first-order chi connectivity index (χ1) is 10.8. The van der Waals surface area contributed by atoms with E-state index in [-0.39, 0.29) is 11.8 Å². The van der Waals surface area contributed by atoms with Gasteiger partial charge in [-0.05, 0) is 44.0 Å². The van der Waals surface area contributed by atoms with Gasteiger partial charge in [-0.2, -0.15) is 15.6 Å². The highest BCUT2D eigenvalue weighted by molar-refractivity contribution is 6.10. The monoisotopic (exact) mass is 311 g/mol. The number of rotatable bonds is 2. The summed E-state index contributed by atoms with van der Waals surface area (Å²) in [6.07, 6.45) is -0.350. The predicted molar refractivity (Wildman–Crippen MR) is 84.2 cm³/mol. The fourth-order valence-electron chi connectivity index (χ4n) is 2.12. The van der Waals surface area contributed by atoms with E-state index >= 15 is 0 Å². The van der Waals surface area contributed by atoms with Crippen LogP contribution in [0, 0.1) is 22.7 Å². The zero-order valence-corrected chi connectivity index (χ0v) is 13.3. The third-order valence-corrected chi connectivity index (χ3v) is 3.09. The Balaban J connectivity index is 2.07. The summed E-state index contributed by atoms with van der Waals surface area (Å²) < 4.78 is 5.37. The van der Waals surface area contributed by atoms with Crippen molar-refractivity contribution >= 4 is 17.5 Å². The minimum absolute atomic E-state index is 0.249. The Bertz CT molecular complexity index is 718. The summed E-state index contributed by atoms with van der Waals surface area (Å²) in [6.45, 7) is 6.44. The first kappa shape index (κ1) is 16.3. The topological polar surface area (TPSA) is 102 Å². The molecule has 1 N–H and O–H groups in total. The lowest BCUT2D eigenvalue weighted by Crippen LogP contribution is -2.33. The molecule has 0 bridgehead atoms. The number of carbonyl (C=O) groups is 1. The quantitative estimate of drug-likeness (QED) is 0.668. The van der Waals surface area contributed by atoms with Crippen LogP contribution in [0.15, 0.2) is 23.3 Å². The van der Waals surface area contributed by atoms with E-state index in [0.29, 0.717) is 18.8 Å². The largest absolute Gasteiger partial charge is 0.444 e. The molecule has 0 fully saturated rings. The molecule has 0 radical (unpaired) electrons. The van der Waals surface area contributed by atoms with Gasteiger partial charge in [0.15, 0.2) is 0 Å². The van der Waals surface area contributed by atoms with E-state index in [1.165, 1.54) is 0 Å². The van der Waals surface area contributed by atoms with Gasteiger partial charge in [0.25, 0.3) is 0 Å². The summed E-state index contributed by atoms with van der Waals surface area (Å²) in [5, 5.41) is 21.0. The van der Waals surface area contributed by atoms with Crippen molar-refractivity contribution in [2.24, 2.45) is 5.10 Å². The third kappa shape index (κ3) is 4.21. The number of ether oxygens (including phenoxy) is 1. The van der Waals surface area contributed by atoms with Gasteiger partial charge in [-0.15, -0.1) is 0 Å². The summed E-state index contributed by atoms with van der Waals surface area (Å²) in [5.41, 5.74) is 4.55. The maximum Gasteiger partial charge on any atom is 0.410 e. The second kappa shape index (κ2) is 6.37. The van der Waals surface area contributed by atoms with Crippen LogP contribution in [-0.4, -0.2) is 22.3 Å². The Hall–Kier alpha value is -3.06. The molecule has 7 nitrogen and oxygen atoms in total. The van der Waals surface area contributed by atoms with E-state index in [1.807, 2.05) is 32.9 Å². The van der Waals surface area contributed by atoms with Crippen molar-refractivity contribution in [2.75, 3.05) is 5.43 Å². The molecule has 23 heavy (non-hydrogen) atoms. The molecule has 118 valence electrons. The average molecular weight is 311 g/mol. The number of nitrogens with one attached hydrogen (secondary N) is 1. The first-order valence-electron chi connectivity index (χ1n) is 7.06. The number of benzene rings is 1. The molecule has 2 rings (SSSR count). The first-order valence-corrected chi connectivity index (χ1v) is 7.06. The number of hydrogen-bond acceptors (Lipinski definition) is 6. The van der Waals surface area contributed by atoms with E-state index in [1.54, 1.807) is 23.1 Å². The van der Waals surface area contributed by atoms with Crippen molar-refractivity contribution in [2.45, 2.75) is 39.5 Å². The third-order valence-electron chi connectivity index (χ3n) is 3.09. The number of hydrazone groups is 1. The van der Waals surface area contributed by atoms with E-state index in [9.17, 15) is 4.79 Å². The van der Waals surface area contributed by atoms with Crippen molar-refractivity contribution < 1.29 is 9.53 Å². The molecule has 0 atom stereocenters. The highest BCUT2D eigenvalue weighted by Gasteiger charge is 2.27.